The molecule has 3 heterocycles. The number of rotatable bonds is 8. The van der Waals surface area contributed by atoms with Crippen molar-refractivity contribution in [3.8, 4) is 17.1 Å². The summed E-state index contributed by atoms with van der Waals surface area (Å²) in [5.74, 6) is 0.867. The lowest BCUT2D eigenvalue weighted by Gasteiger charge is -2.42. The van der Waals surface area contributed by atoms with Gasteiger partial charge < -0.3 is 18.8 Å². The van der Waals surface area contributed by atoms with E-state index in [4.69, 9.17) is 19.2 Å². The smallest absolute Gasteiger partial charge is 0.343 e. The number of aromatic nitrogens is 2. The third kappa shape index (κ3) is 3.94. The number of nitrogens with zero attached hydrogens (tertiary/aromatic N) is 2. The van der Waals surface area contributed by atoms with E-state index in [0.717, 1.165) is 54.1 Å². The van der Waals surface area contributed by atoms with Crippen LogP contribution in [0.4, 0.5) is 0 Å². The molecule has 1 aliphatic carbocycles. The summed E-state index contributed by atoms with van der Waals surface area (Å²) >= 11 is 0. The van der Waals surface area contributed by atoms with Crippen LogP contribution in [0.1, 0.15) is 67.6 Å². The Labute approximate surface area is 188 Å². The molecule has 2 aliphatic rings. The third-order valence-electron chi connectivity index (χ3n) is 6.85. The number of carbonyl (C=O) groups is 1. The van der Waals surface area contributed by atoms with Gasteiger partial charge in [0.1, 0.15) is 11.3 Å². The van der Waals surface area contributed by atoms with Crippen LogP contribution in [-0.4, -0.2) is 43.0 Å². The summed E-state index contributed by atoms with van der Waals surface area (Å²) in [6, 6.07) is 3.65. The molecule has 1 atom stereocenters. The van der Waals surface area contributed by atoms with Crippen LogP contribution in [0.3, 0.4) is 0 Å². The van der Waals surface area contributed by atoms with E-state index in [9.17, 15) is 9.59 Å². The van der Waals surface area contributed by atoms with Crippen molar-refractivity contribution in [2.24, 2.45) is 5.92 Å². The molecule has 0 radical (unpaired) electrons. The Morgan fingerprint density at radius 3 is 2.62 bits per heavy atom. The topological polar surface area (TPSA) is 79.7 Å². The van der Waals surface area contributed by atoms with E-state index in [1.807, 2.05) is 0 Å². The van der Waals surface area contributed by atoms with Crippen molar-refractivity contribution in [1.29, 1.82) is 0 Å². The predicted molar refractivity (Wildman–Crippen MR) is 121 cm³/mol. The lowest BCUT2D eigenvalue weighted by atomic mass is 9.78. The zero-order valence-corrected chi connectivity index (χ0v) is 19.6. The molecule has 0 amide bonds. The van der Waals surface area contributed by atoms with E-state index >= 15 is 0 Å². The molecule has 1 fully saturated rings. The number of hydrogen-bond donors (Lipinski definition) is 0. The van der Waals surface area contributed by atoms with Crippen molar-refractivity contribution in [1.82, 2.24) is 9.55 Å². The van der Waals surface area contributed by atoms with Gasteiger partial charge in [-0.1, -0.05) is 13.8 Å². The van der Waals surface area contributed by atoms with Crippen molar-refractivity contribution in [2.45, 2.75) is 57.9 Å². The van der Waals surface area contributed by atoms with Gasteiger partial charge >= 0.3 is 5.97 Å². The Morgan fingerprint density at radius 2 is 2.00 bits per heavy atom. The Morgan fingerprint density at radius 1 is 1.25 bits per heavy atom. The van der Waals surface area contributed by atoms with Gasteiger partial charge in [0, 0.05) is 43.9 Å². The van der Waals surface area contributed by atoms with E-state index in [-0.39, 0.29) is 22.4 Å². The maximum atomic E-state index is 12.8. The van der Waals surface area contributed by atoms with Crippen molar-refractivity contribution in [3.05, 3.63) is 45.4 Å². The van der Waals surface area contributed by atoms with Crippen LogP contribution >= 0.6 is 0 Å². The van der Waals surface area contributed by atoms with Gasteiger partial charge in [0.25, 0.3) is 0 Å². The zero-order valence-electron chi connectivity index (χ0n) is 19.6. The number of carbonyl (C=O) groups excluding carboxylic acids is 1. The molecule has 0 N–H and O–H groups in total. The number of pyridine rings is 2. The summed E-state index contributed by atoms with van der Waals surface area (Å²) in [4.78, 5) is 30.1. The number of ether oxygens (including phenoxy) is 3. The van der Waals surface area contributed by atoms with E-state index < -0.39 is 5.97 Å². The van der Waals surface area contributed by atoms with Crippen molar-refractivity contribution in [3.63, 3.8) is 0 Å². The minimum atomic E-state index is -0.617. The summed E-state index contributed by atoms with van der Waals surface area (Å²) in [7, 11) is 2.98. The molecule has 1 aliphatic heterocycles. The number of hydrogen-bond acceptors (Lipinski definition) is 6. The quantitative estimate of drug-likeness (QED) is 0.457. The van der Waals surface area contributed by atoms with Crippen LogP contribution in [0.2, 0.25) is 0 Å². The average molecular weight is 441 g/mol. The highest BCUT2D eigenvalue weighted by molar-refractivity contribution is 5.89. The summed E-state index contributed by atoms with van der Waals surface area (Å²) in [6.07, 6.45) is 5.38. The van der Waals surface area contributed by atoms with Crippen molar-refractivity contribution in [2.75, 3.05) is 27.4 Å². The number of methoxy groups -OCH3 is 2. The van der Waals surface area contributed by atoms with Gasteiger partial charge in [0.15, 0.2) is 5.43 Å². The molecule has 0 bridgehead atoms. The van der Waals surface area contributed by atoms with Gasteiger partial charge in [-0.25, -0.2) is 9.78 Å². The molecule has 2 aromatic rings. The minimum Gasteiger partial charge on any atom is -0.492 e. The number of fused-ring (bicyclic) bond motifs is 3. The second-order valence-electron chi connectivity index (χ2n) is 9.34. The molecule has 0 spiro atoms. The first-order valence-electron chi connectivity index (χ1n) is 11.3. The van der Waals surface area contributed by atoms with Gasteiger partial charge in [-0.3, -0.25) is 4.79 Å². The molecule has 7 nitrogen and oxygen atoms in total. The first kappa shape index (κ1) is 22.5. The summed E-state index contributed by atoms with van der Waals surface area (Å²) in [5, 5.41) is 0. The molecular weight excluding hydrogens is 408 g/mol. The van der Waals surface area contributed by atoms with Gasteiger partial charge in [-0.15, -0.1) is 0 Å². The molecule has 0 saturated heterocycles. The van der Waals surface area contributed by atoms with E-state index in [1.54, 1.807) is 13.3 Å². The fourth-order valence-electron chi connectivity index (χ4n) is 4.41. The predicted octanol–water partition coefficient (Wildman–Crippen LogP) is 3.92. The van der Waals surface area contributed by atoms with Crippen molar-refractivity contribution < 1.29 is 19.0 Å². The maximum absolute atomic E-state index is 12.8. The van der Waals surface area contributed by atoms with Crippen LogP contribution in [0.5, 0.6) is 5.75 Å². The Bertz CT molecular complexity index is 1090. The van der Waals surface area contributed by atoms with Gasteiger partial charge in [0.05, 0.1) is 30.8 Å². The van der Waals surface area contributed by atoms with Crippen LogP contribution in [0.25, 0.3) is 11.4 Å². The maximum Gasteiger partial charge on any atom is 0.343 e. The van der Waals surface area contributed by atoms with Crippen LogP contribution in [-0.2, 0) is 21.4 Å². The van der Waals surface area contributed by atoms with Gasteiger partial charge in [0.2, 0.25) is 0 Å². The van der Waals surface area contributed by atoms with Gasteiger partial charge in [-0.05, 0) is 43.7 Å². The molecule has 32 heavy (non-hydrogen) atoms. The molecule has 172 valence electrons. The SMILES string of the molecule is COCCCOc1cc2c(nc1C1CC1)-c1cc(=O)c(C(=O)OC)cn1C(C)(C(C)C)C2. The monoisotopic (exact) mass is 440 g/mol. The number of esters is 1. The molecule has 2 aromatic heterocycles. The van der Waals surface area contributed by atoms with E-state index in [1.165, 1.54) is 13.2 Å². The average Bonchev–Trinajstić information content (AvgIpc) is 3.60. The first-order valence-corrected chi connectivity index (χ1v) is 11.3. The molecule has 1 unspecified atom stereocenters. The van der Waals surface area contributed by atoms with Crippen LogP contribution in [0, 0.1) is 5.92 Å². The molecule has 0 aromatic carbocycles. The Balaban J connectivity index is 1.86. The summed E-state index contributed by atoms with van der Waals surface area (Å²) in [6.45, 7) is 7.69. The first-order chi connectivity index (χ1) is 15.3. The highest BCUT2D eigenvalue weighted by Gasteiger charge is 2.40. The van der Waals surface area contributed by atoms with Gasteiger partial charge in [-0.2, -0.15) is 0 Å². The standard InChI is InChI=1S/C25H32N2O5/c1-15(2)25(3)13-17-11-21(32-10-6-9-30-4)23(16-7-8-16)26-22(17)19-12-20(28)18(14-27(19)25)24(29)31-5/h11-12,14-16H,6-10,13H2,1-5H3. The second-order valence-corrected chi connectivity index (χ2v) is 9.34. The lowest BCUT2D eigenvalue weighted by molar-refractivity contribution is 0.0597. The second kappa shape index (κ2) is 8.70. The minimum absolute atomic E-state index is 0.0482. The summed E-state index contributed by atoms with van der Waals surface area (Å²) < 4.78 is 18.2. The molecule has 1 saturated carbocycles. The Hall–Kier alpha value is -2.67. The van der Waals surface area contributed by atoms with E-state index in [2.05, 4.69) is 31.4 Å². The lowest BCUT2D eigenvalue weighted by Crippen LogP contribution is -2.43. The molecule has 4 rings (SSSR count). The third-order valence-corrected chi connectivity index (χ3v) is 6.85. The molecular formula is C25H32N2O5. The van der Waals surface area contributed by atoms with Crippen molar-refractivity contribution >= 4 is 5.97 Å². The highest BCUT2D eigenvalue weighted by Crippen LogP contribution is 2.47. The van der Waals surface area contributed by atoms with E-state index in [0.29, 0.717) is 19.1 Å². The fraction of sp³-hybridized carbons (Fsp3) is 0.560. The fourth-order valence-corrected chi connectivity index (χ4v) is 4.41. The molecule has 7 heteroatoms. The summed E-state index contributed by atoms with van der Waals surface area (Å²) in [5.41, 5.74) is 2.94. The zero-order chi connectivity index (χ0) is 23.0. The highest BCUT2D eigenvalue weighted by atomic mass is 16.5. The largest absolute Gasteiger partial charge is 0.492 e. The van der Waals surface area contributed by atoms with Crippen LogP contribution in [0.15, 0.2) is 23.1 Å². The Kier molecular flexibility index (Phi) is 6.12. The van der Waals surface area contributed by atoms with Crippen LogP contribution < -0.4 is 10.2 Å². The normalized spacial score (nSPS) is 19.4.